The van der Waals surface area contributed by atoms with Crippen molar-refractivity contribution in [1.82, 2.24) is 10.2 Å². The third-order valence-corrected chi connectivity index (χ3v) is 3.72. The van der Waals surface area contributed by atoms with E-state index in [9.17, 15) is 4.79 Å². The lowest BCUT2D eigenvalue weighted by molar-refractivity contribution is -0.144. The number of carbonyl (C=O) groups is 1. The number of nitrogens with zero attached hydrogens (tertiary/aromatic N) is 2. The van der Waals surface area contributed by atoms with Crippen LogP contribution in [0.1, 0.15) is 24.2 Å². The van der Waals surface area contributed by atoms with Crippen molar-refractivity contribution in [2.75, 3.05) is 7.11 Å². The van der Waals surface area contributed by atoms with E-state index in [1.807, 2.05) is 66.7 Å². The van der Waals surface area contributed by atoms with Crippen LogP contribution in [0.3, 0.4) is 0 Å². The number of esters is 1. The Hall–Kier alpha value is -3.21. The minimum atomic E-state index is -0.619. The van der Waals surface area contributed by atoms with Crippen LogP contribution in [0.15, 0.2) is 66.7 Å². The van der Waals surface area contributed by atoms with E-state index in [0.717, 1.165) is 11.1 Å². The number of rotatable bonds is 5. The van der Waals surface area contributed by atoms with Gasteiger partial charge in [0.25, 0.3) is 0 Å². The first kappa shape index (κ1) is 16.6. The van der Waals surface area contributed by atoms with Gasteiger partial charge in [0.15, 0.2) is 6.10 Å². The molecular weight excluding hydrogens is 316 g/mol. The van der Waals surface area contributed by atoms with Gasteiger partial charge in [-0.2, -0.15) is 0 Å². The van der Waals surface area contributed by atoms with E-state index >= 15 is 0 Å². The number of hydrogen-bond acceptors (Lipinski definition) is 5. The maximum Gasteiger partial charge on any atom is 0.303 e. The van der Waals surface area contributed by atoms with Crippen molar-refractivity contribution in [3.63, 3.8) is 0 Å². The van der Waals surface area contributed by atoms with Gasteiger partial charge < -0.3 is 9.47 Å². The zero-order valence-electron chi connectivity index (χ0n) is 14.0. The highest BCUT2D eigenvalue weighted by Gasteiger charge is 2.23. The van der Waals surface area contributed by atoms with Gasteiger partial charge in [-0.3, -0.25) is 4.79 Å². The molecule has 1 aromatic heterocycles. The van der Waals surface area contributed by atoms with E-state index in [1.165, 1.54) is 14.0 Å². The molecule has 25 heavy (non-hydrogen) atoms. The number of aromatic nitrogens is 2. The molecule has 0 spiro atoms. The summed E-state index contributed by atoms with van der Waals surface area (Å²) in [5.41, 5.74) is 3.10. The third-order valence-electron chi connectivity index (χ3n) is 3.72. The lowest BCUT2D eigenvalue weighted by Crippen LogP contribution is -2.12. The Bertz CT molecular complexity index is 851. The van der Waals surface area contributed by atoms with Crippen LogP contribution in [0.5, 0.6) is 5.88 Å². The second kappa shape index (κ2) is 7.57. The van der Waals surface area contributed by atoms with Gasteiger partial charge >= 0.3 is 5.97 Å². The molecule has 3 aromatic rings. The second-order valence-corrected chi connectivity index (χ2v) is 5.46. The molecule has 0 amide bonds. The van der Waals surface area contributed by atoms with Gasteiger partial charge in [0.2, 0.25) is 5.88 Å². The molecule has 5 heteroatoms. The molecule has 0 fully saturated rings. The zero-order valence-corrected chi connectivity index (χ0v) is 14.0. The van der Waals surface area contributed by atoms with Crippen LogP contribution in [0.2, 0.25) is 0 Å². The van der Waals surface area contributed by atoms with Crippen LogP contribution in [0.25, 0.3) is 11.3 Å². The summed E-state index contributed by atoms with van der Waals surface area (Å²) in [4.78, 5) is 11.7. The van der Waals surface area contributed by atoms with Crippen LogP contribution >= 0.6 is 0 Å². The molecule has 126 valence electrons. The van der Waals surface area contributed by atoms with E-state index in [1.54, 1.807) is 0 Å². The average Bonchev–Trinajstić information content (AvgIpc) is 2.67. The van der Waals surface area contributed by atoms with Gasteiger partial charge in [-0.1, -0.05) is 60.7 Å². The Kier molecular flexibility index (Phi) is 5.04. The Morgan fingerprint density at radius 2 is 1.60 bits per heavy atom. The Morgan fingerprint density at radius 1 is 0.960 bits per heavy atom. The molecule has 0 aliphatic rings. The van der Waals surface area contributed by atoms with Crippen LogP contribution < -0.4 is 4.74 Å². The minimum absolute atomic E-state index is 0.329. The highest BCUT2D eigenvalue weighted by atomic mass is 16.5. The van der Waals surface area contributed by atoms with Crippen molar-refractivity contribution in [3.05, 3.63) is 77.9 Å². The molecule has 0 aliphatic heterocycles. The van der Waals surface area contributed by atoms with Crippen LogP contribution in [-0.4, -0.2) is 23.3 Å². The normalized spacial score (nSPS) is 11.6. The summed E-state index contributed by atoms with van der Waals surface area (Å²) in [6.07, 6.45) is -0.619. The van der Waals surface area contributed by atoms with E-state index in [2.05, 4.69) is 10.2 Å². The summed E-state index contributed by atoms with van der Waals surface area (Å²) >= 11 is 0. The summed E-state index contributed by atoms with van der Waals surface area (Å²) < 4.78 is 10.9. The number of carbonyl (C=O) groups excluding carboxylic acids is 1. The lowest BCUT2D eigenvalue weighted by Gasteiger charge is -2.20. The monoisotopic (exact) mass is 334 g/mol. The standard InChI is InChI=1S/C20H18N2O3/c1-14(23)25-19(16-11-7-4-8-12-16)17-13-18(21-22-20(17)24-2)15-9-5-3-6-10-15/h3-13,19H,1-2H3. The fraction of sp³-hybridized carbons (Fsp3) is 0.150. The van der Waals surface area contributed by atoms with Crippen LogP contribution in [0.4, 0.5) is 0 Å². The molecule has 0 aliphatic carbocycles. The van der Waals surface area contributed by atoms with Crippen molar-refractivity contribution < 1.29 is 14.3 Å². The summed E-state index contributed by atoms with van der Waals surface area (Å²) in [6.45, 7) is 1.38. The Labute approximate surface area is 146 Å². The van der Waals surface area contributed by atoms with E-state index in [4.69, 9.17) is 9.47 Å². The fourth-order valence-electron chi connectivity index (χ4n) is 2.60. The van der Waals surface area contributed by atoms with E-state index in [0.29, 0.717) is 17.1 Å². The quantitative estimate of drug-likeness (QED) is 0.664. The molecule has 1 atom stereocenters. The first-order valence-electron chi connectivity index (χ1n) is 7.88. The molecule has 0 saturated carbocycles. The predicted molar refractivity (Wildman–Crippen MR) is 94.1 cm³/mol. The molecule has 0 radical (unpaired) electrons. The average molecular weight is 334 g/mol. The highest BCUT2D eigenvalue weighted by molar-refractivity contribution is 5.67. The van der Waals surface area contributed by atoms with Crippen molar-refractivity contribution in [3.8, 4) is 17.1 Å². The molecule has 3 rings (SSSR count). The Balaban J connectivity index is 2.12. The topological polar surface area (TPSA) is 61.3 Å². The van der Waals surface area contributed by atoms with E-state index in [-0.39, 0.29) is 5.97 Å². The molecule has 2 aromatic carbocycles. The summed E-state index contributed by atoms with van der Waals surface area (Å²) in [5.74, 6) is -0.0521. The molecule has 0 bridgehead atoms. The van der Waals surface area contributed by atoms with Crippen molar-refractivity contribution in [2.45, 2.75) is 13.0 Å². The Morgan fingerprint density at radius 3 is 2.20 bits per heavy atom. The number of ether oxygens (including phenoxy) is 2. The summed E-state index contributed by atoms with van der Waals surface area (Å²) in [5, 5.41) is 8.38. The molecular formula is C20H18N2O3. The second-order valence-electron chi connectivity index (χ2n) is 5.46. The largest absolute Gasteiger partial charge is 0.480 e. The SMILES string of the molecule is COc1nnc(-c2ccccc2)cc1C(OC(C)=O)c1ccccc1. The maximum atomic E-state index is 11.7. The van der Waals surface area contributed by atoms with Crippen molar-refractivity contribution >= 4 is 5.97 Å². The minimum Gasteiger partial charge on any atom is -0.480 e. The van der Waals surface area contributed by atoms with Crippen molar-refractivity contribution in [1.29, 1.82) is 0 Å². The summed E-state index contributed by atoms with van der Waals surface area (Å²) in [7, 11) is 1.52. The fourth-order valence-corrected chi connectivity index (χ4v) is 2.60. The number of hydrogen-bond donors (Lipinski definition) is 0. The number of benzene rings is 2. The highest BCUT2D eigenvalue weighted by Crippen LogP contribution is 2.33. The van der Waals surface area contributed by atoms with Gasteiger partial charge in [0.05, 0.1) is 18.4 Å². The molecule has 5 nitrogen and oxygen atoms in total. The van der Waals surface area contributed by atoms with Gasteiger partial charge in [0.1, 0.15) is 0 Å². The smallest absolute Gasteiger partial charge is 0.303 e. The summed E-state index contributed by atoms with van der Waals surface area (Å²) in [6, 6.07) is 21.0. The van der Waals surface area contributed by atoms with Gasteiger partial charge in [-0.15, -0.1) is 10.2 Å². The molecule has 1 heterocycles. The third kappa shape index (κ3) is 3.83. The molecule has 1 unspecified atom stereocenters. The first-order chi connectivity index (χ1) is 12.2. The van der Waals surface area contributed by atoms with Gasteiger partial charge in [-0.25, -0.2) is 0 Å². The van der Waals surface area contributed by atoms with Gasteiger partial charge in [-0.05, 0) is 11.6 Å². The lowest BCUT2D eigenvalue weighted by atomic mass is 10.0. The number of methoxy groups -OCH3 is 1. The predicted octanol–water partition coefficient (Wildman–Crippen LogP) is 3.80. The van der Waals surface area contributed by atoms with Gasteiger partial charge in [0, 0.05) is 12.5 Å². The first-order valence-corrected chi connectivity index (χ1v) is 7.88. The molecule has 0 saturated heterocycles. The maximum absolute atomic E-state index is 11.7. The van der Waals surface area contributed by atoms with Crippen LogP contribution in [-0.2, 0) is 9.53 Å². The zero-order chi connectivity index (χ0) is 17.6. The van der Waals surface area contributed by atoms with E-state index < -0.39 is 6.10 Å². The van der Waals surface area contributed by atoms with Crippen molar-refractivity contribution in [2.24, 2.45) is 0 Å². The molecule has 0 N–H and O–H groups in total. The van der Waals surface area contributed by atoms with Crippen LogP contribution in [0, 0.1) is 0 Å².